The van der Waals surface area contributed by atoms with Crippen LogP contribution in [0.1, 0.15) is 56.1 Å². The first-order valence-electron chi connectivity index (χ1n) is 12.9. The van der Waals surface area contributed by atoms with Crippen molar-refractivity contribution >= 4 is 45.0 Å². The first-order chi connectivity index (χ1) is 18.9. The van der Waals surface area contributed by atoms with Gasteiger partial charge in [-0.2, -0.15) is 4.98 Å². The molecule has 40 heavy (non-hydrogen) atoms. The zero-order valence-corrected chi connectivity index (χ0v) is 24.1. The molecule has 0 atom stereocenters. The second-order valence-corrected chi connectivity index (χ2v) is 12.3. The Morgan fingerprint density at radius 2 is 1.82 bits per heavy atom. The van der Waals surface area contributed by atoms with Crippen molar-refractivity contribution in [1.29, 1.82) is 0 Å². The molecular formula is C28H33N5O6S. The largest absolute Gasteiger partial charge is 0.489 e. The third kappa shape index (κ3) is 5.86. The van der Waals surface area contributed by atoms with Gasteiger partial charge in [0, 0.05) is 17.3 Å². The molecule has 4 rings (SSSR count). The lowest BCUT2D eigenvalue weighted by Gasteiger charge is -2.18. The smallest absolute Gasteiger partial charge is 0.417 e. The molecule has 11 nitrogen and oxygen atoms in total. The van der Waals surface area contributed by atoms with Crippen molar-refractivity contribution in [2.24, 2.45) is 0 Å². The van der Waals surface area contributed by atoms with E-state index < -0.39 is 27.1 Å². The van der Waals surface area contributed by atoms with Crippen LogP contribution < -0.4 is 15.4 Å². The Kier molecular flexibility index (Phi) is 8.29. The number of carbonyl (C=O) groups is 2. The minimum absolute atomic E-state index is 0.0789. The molecule has 0 saturated carbocycles. The number of nitrogens with zero attached hydrogens (tertiary/aromatic N) is 3. The van der Waals surface area contributed by atoms with Crippen LogP contribution in [0.2, 0.25) is 0 Å². The van der Waals surface area contributed by atoms with E-state index in [0.717, 1.165) is 4.90 Å². The third-order valence-corrected chi connectivity index (χ3v) is 8.36. The van der Waals surface area contributed by atoms with Gasteiger partial charge in [0.1, 0.15) is 11.6 Å². The molecule has 2 N–H and O–H groups in total. The summed E-state index contributed by atoms with van der Waals surface area (Å²) in [5.74, 6) is 0.585. The highest BCUT2D eigenvalue weighted by molar-refractivity contribution is 7.92. The number of imide groups is 1. The van der Waals surface area contributed by atoms with Gasteiger partial charge >= 0.3 is 6.09 Å². The Hall–Kier alpha value is -4.19. The van der Waals surface area contributed by atoms with Crippen LogP contribution in [-0.4, -0.2) is 53.2 Å². The molecule has 212 valence electrons. The average molecular weight is 568 g/mol. The molecule has 1 aliphatic heterocycles. The number of ether oxygens (including phenoxy) is 2. The zero-order chi connectivity index (χ0) is 29.2. The maximum absolute atomic E-state index is 13.0. The van der Waals surface area contributed by atoms with E-state index in [1.807, 2.05) is 13.8 Å². The first-order valence-corrected chi connectivity index (χ1v) is 14.5. The Bertz CT molecular complexity index is 1550. The molecule has 2 aromatic carbocycles. The van der Waals surface area contributed by atoms with Crippen LogP contribution in [0.15, 0.2) is 47.5 Å². The van der Waals surface area contributed by atoms with Gasteiger partial charge in [-0.25, -0.2) is 23.1 Å². The van der Waals surface area contributed by atoms with E-state index in [2.05, 4.69) is 20.6 Å². The van der Waals surface area contributed by atoms with Gasteiger partial charge in [0.2, 0.25) is 5.95 Å². The lowest BCUT2D eigenvalue weighted by atomic mass is 10.1. The Labute approximate surface area is 233 Å². The summed E-state index contributed by atoms with van der Waals surface area (Å²) in [6.07, 6.45) is 0.718. The number of aryl methyl sites for hydroxylation is 1. The van der Waals surface area contributed by atoms with Crippen molar-refractivity contribution in [3.63, 3.8) is 0 Å². The summed E-state index contributed by atoms with van der Waals surface area (Å²) in [5, 5.41) is 5.67. The molecule has 0 spiro atoms. The number of hydrogen-bond donors (Lipinski definition) is 2. The van der Waals surface area contributed by atoms with Crippen LogP contribution in [0.25, 0.3) is 0 Å². The number of amides is 2. The van der Waals surface area contributed by atoms with Crippen LogP contribution in [-0.2, 0) is 21.1 Å². The molecule has 1 aromatic heterocycles. The number of nitrogens with one attached hydrogen (secondary N) is 2. The third-order valence-electron chi connectivity index (χ3n) is 6.15. The molecule has 3 aromatic rings. The standard InChI is InChI=1S/C28H33N5O6S/c1-7-38-28(35)33-15-19-12-23(39-16(2)3)22(13-20(19)26(33)34)31-27-29-14-18(6)25(32-27)30-21-10-8-9-11-24(21)40(36,37)17(4)5/h8-14,16-17H,7,15H2,1-6H3,(H2,29,30,31,32). The van der Waals surface area contributed by atoms with Gasteiger partial charge in [0.15, 0.2) is 9.84 Å². The minimum Gasteiger partial charge on any atom is -0.489 e. The van der Waals surface area contributed by atoms with Gasteiger partial charge in [0.05, 0.1) is 40.8 Å². The van der Waals surface area contributed by atoms with E-state index >= 15 is 0 Å². The van der Waals surface area contributed by atoms with E-state index in [9.17, 15) is 18.0 Å². The maximum Gasteiger partial charge on any atom is 0.417 e. The van der Waals surface area contributed by atoms with E-state index in [1.54, 1.807) is 70.3 Å². The quantitative estimate of drug-likeness (QED) is 0.347. The Morgan fingerprint density at radius 3 is 2.50 bits per heavy atom. The molecule has 0 fully saturated rings. The summed E-state index contributed by atoms with van der Waals surface area (Å²) in [6.45, 7) is 10.7. The number of hydrogen-bond acceptors (Lipinski definition) is 10. The SMILES string of the molecule is CCOC(=O)N1Cc2cc(OC(C)C)c(Nc3ncc(C)c(Nc4ccccc4S(=O)(=O)C(C)C)n3)cc2C1=O. The van der Waals surface area contributed by atoms with Gasteiger partial charge in [-0.05, 0) is 71.4 Å². The van der Waals surface area contributed by atoms with E-state index in [1.165, 1.54) is 0 Å². The number of anilines is 4. The fourth-order valence-corrected chi connectivity index (χ4v) is 5.29. The first kappa shape index (κ1) is 28.8. The molecule has 1 aliphatic rings. The number of benzene rings is 2. The van der Waals surface area contributed by atoms with Crippen molar-refractivity contribution in [3.8, 4) is 5.75 Å². The van der Waals surface area contributed by atoms with Crippen LogP contribution in [0.3, 0.4) is 0 Å². The van der Waals surface area contributed by atoms with Crippen molar-refractivity contribution in [2.75, 3.05) is 17.2 Å². The predicted molar refractivity (Wildman–Crippen MR) is 151 cm³/mol. The fourth-order valence-electron chi connectivity index (χ4n) is 4.09. The van der Waals surface area contributed by atoms with Crippen molar-refractivity contribution in [3.05, 3.63) is 59.3 Å². The number of para-hydroxylation sites is 1. The Balaban J connectivity index is 1.68. The second-order valence-electron chi connectivity index (χ2n) is 9.83. The predicted octanol–water partition coefficient (Wildman–Crippen LogP) is 5.35. The molecule has 0 saturated heterocycles. The molecule has 0 radical (unpaired) electrons. The van der Waals surface area contributed by atoms with Crippen molar-refractivity contribution < 1.29 is 27.5 Å². The summed E-state index contributed by atoms with van der Waals surface area (Å²) in [6, 6.07) is 9.98. The number of sulfone groups is 1. The number of fused-ring (bicyclic) bond motifs is 1. The molecule has 0 aliphatic carbocycles. The van der Waals surface area contributed by atoms with Crippen molar-refractivity contribution in [2.45, 2.75) is 64.3 Å². The van der Waals surface area contributed by atoms with E-state index in [-0.39, 0.29) is 30.1 Å². The van der Waals surface area contributed by atoms with Gasteiger partial charge in [-0.15, -0.1) is 0 Å². The molecule has 0 unspecified atom stereocenters. The lowest BCUT2D eigenvalue weighted by molar-refractivity contribution is 0.0693. The van der Waals surface area contributed by atoms with Crippen LogP contribution >= 0.6 is 0 Å². The van der Waals surface area contributed by atoms with Gasteiger partial charge in [-0.1, -0.05) is 12.1 Å². The van der Waals surface area contributed by atoms with Crippen LogP contribution in [0.4, 0.5) is 27.9 Å². The summed E-state index contributed by atoms with van der Waals surface area (Å²) in [4.78, 5) is 35.4. The van der Waals surface area contributed by atoms with Crippen LogP contribution in [0.5, 0.6) is 5.75 Å². The number of carbonyl (C=O) groups excluding carboxylic acids is 2. The summed E-state index contributed by atoms with van der Waals surface area (Å²) in [5.41, 5.74) is 2.49. The van der Waals surface area contributed by atoms with Gasteiger partial charge in [-0.3, -0.25) is 4.79 Å². The highest BCUT2D eigenvalue weighted by atomic mass is 32.2. The molecule has 2 amide bonds. The van der Waals surface area contributed by atoms with E-state index in [0.29, 0.717) is 39.6 Å². The number of rotatable bonds is 9. The van der Waals surface area contributed by atoms with Crippen LogP contribution in [0, 0.1) is 6.92 Å². The van der Waals surface area contributed by atoms with E-state index in [4.69, 9.17) is 9.47 Å². The summed E-state index contributed by atoms with van der Waals surface area (Å²) in [7, 11) is -3.55. The van der Waals surface area contributed by atoms with Gasteiger partial charge in [0.25, 0.3) is 5.91 Å². The minimum atomic E-state index is -3.55. The lowest BCUT2D eigenvalue weighted by Crippen LogP contribution is -2.31. The second kappa shape index (κ2) is 11.5. The number of aromatic nitrogens is 2. The molecule has 12 heteroatoms. The normalized spacial score (nSPS) is 13.0. The molecule has 2 heterocycles. The maximum atomic E-state index is 13.0. The monoisotopic (exact) mass is 567 g/mol. The highest BCUT2D eigenvalue weighted by Gasteiger charge is 2.34. The highest BCUT2D eigenvalue weighted by Crippen LogP contribution is 2.36. The summed E-state index contributed by atoms with van der Waals surface area (Å²) < 4.78 is 36.9. The Morgan fingerprint density at radius 1 is 1.10 bits per heavy atom. The topological polar surface area (TPSA) is 140 Å². The molecule has 0 bridgehead atoms. The average Bonchev–Trinajstić information content (AvgIpc) is 3.21. The molecular weight excluding hydrogens is 534 g/mol. The zero-order valence-electron chi connectivity index (χ0n) is 23.3. The summed E-state index contributed by atoms with van der Waals surface area (Å²) >= 11 is 0. The van der Waals surface area contributed by atoms with Gasteiger partial charge < -0.3 is 20.1 Å². The van der Waals surface area contributed by atoms with Crippen molar-refractivity contribution in [1.82, 2.24) is 14.9 Å². The fraction of sp³-hybridized carbons (Fsp3) is 0.357.